The maximum atomic E-state index is 13.9. The predicted molar refractivity (Wildman–Crippen MR) is 133 cm³/mol. The highest BCUT2D eigenvalue weighted by molar-refractivity contribution is 6.05. The van der Waals surface area contributed by atoms with E-state index in [1.54, 1.807) is 18.4 Å². The van der Waals surface area contributed by atoms with Crippen molar-refractivity contribution in [2.24, 2.45) is 0 Å². The average molecular weight is 460 g/mol. The zero-order valence-electron chi connectivity index (χ0n) is 19.4. The van der Waals surface area contributed by atoms with Gasteiger partial charge < -0.3 is 19.2 Å². The van der Waals surface area contributed by atoms with Gasteiger partial charge in [-0.3, -0.25) is 4.79 Å². The Morgan fingerprint density at radius 3 is 2.47 bits per heavy atom. The minimum absolute atomic E-state index is 0.129. The van der Waals surface area contributed by atoms with Gasteiger partial charge in [-0.25, -0.2) is 4.39 Å². The molecule has 0 radical (unpaired) electrons. The predicted octanol–water partition coefficient (Wildman–Crippen LogP) is 7.08. The van der Waals surface area contributed by atoms with Crippen molar-refractivity contribution < 1.29 is 23.1 Å². The summed E-state index contributed by atoms with van der Waals surface area (Å²) < 4.78 is 31.1. The number of furan rings is 1. The molecule has 0 spiro atoms. The lowest BCUT2D eigenvalue weighted by molar-refractivity contribution is -0.111. The third-order valence-electron chi connectivity index (χ3n) is 5.36. The van der Waals surface area contributed by atoms with E-state index >= 15 is 0 Å². The topological polar surface area (TPSA) is 60.7 Å². The van der Waals surface area contributed by atoms with Crippen molar-refractivity contribution in [3.05, 3.63) is 84.4 Å². The average Bonchev–Trinajstić information content (AvgIpc) is 3.24. The smallest absolute Gasteiger partial charge is 0.248 e. The van der Waals surface area contributed by atoms with Gasteiger partial charge in [0.1, 0.15) is 22.9 Å². The number of fused-ring (bicyclic) bond motifs is 1. The van der Waals surface area contributed by atoms with Gasteiger partial charge in [0.05, 0.1) is 25.2 Å². The Morgan fingerprint density at radius 1 is 1.03 bits per heavy atom. The number of ether oxygens (including phenoxy) is 2. The van der Waals surface area contributed by atoms with Crippen LogP contribution < -0.4 is 14.8 Å². The van der Waals surface area contributed by atoms with Crippen LogP contribution in [0.5, 0.6) is 11.5 Å². The number of halogens is 1. The summed E-state index contributed by atoms with van der Waals surface area (Å²) in [6.45, 7) is 6.72. The van der Waals surface area contributed by atoms with E-state index in [1.807, 2.05) is 57.2 Å². The van der Waals surface area contributed by atoms with Crippen molar-refractivity contribution in [1.29, 1.82) is 0 Å². The van der Waals surface area contributed by atoms with E-state index in [4.69, 9.17) is 13.9 Å². The second-order valence-corrected chi connectivity index (χ2v) is 7.68. The monoisotopic (exact) mass is 459 g/mol. The molecule has 0 saturated carbocycles. The van der Waals surface area contributed by atoms with E-state index in [9.17, 15) is 9.18 Å². The molecule has 0 aliphatic rings. The molecular weight excluding hydrogens is 433 g/mol. The van der Waals surface area contributed by atoms with Crippen LogP contribution in [0.25, 0.3) is 27.7 Å². The number of amides is 1. The van der Waals surface area contributed by atoms with Crippen LogP contribution in [-0.2, 0) is 4.79 Å². The van der Waals surface area contributed by atoms with Gasteiger partial charge in [0.25, 0.3) is 0 Å². The Hall–Kier alpha value is -4.06. The molecule has 0 aliphatic carbocycles. The summed E-state index contributed by atoms with van der Waals surface area (Å²) >= 11 is 0. The lowest BCUT2D eigenvalue weighted by Crippen LogP contribution is -2.10. The van der Waals surface area contributed by atoms with Crippen molar-refractivity contribution in [3.8, 4) is 22.6 Å². The Bertz CT molecular complexity index is 1340. The fourth-order valence-electron chi connectivity index (χ4n) is 3.76. The standard InChI is InChI=1S/C28H26FNO4/c1-4-32-20-12-10-19(11-13-20)23-17-34-27-16-26(33-5-2)21(15-22(23)27)18(3)14-28(31)30-25-9-7-6-8-24(25)29/h6-17H,4-5H2,1-3H3,(H,30,31)/b18-14+. The largest absolute Gasteiger partial charge is 0.494 e. The summed E-state index contributed by atoms with van der Waals surface area (Å²) in [5.41, 5.74) is 4.15. The van der Waals surface area contributed by atoms with Crippen LogP contribution in [0.4, 0.5) is 10.1 Å². The SMILES string of the molecule is CCOc1ccc(-c2coc3cc(OCC)c(/C(C)=C/C(=O)Nc4ccccc4F)cc23)cc1. The second kappa shape index (κ2) is 10.3. The van der Waals surface area contributed by atoms with E-state index in [0.717, 1.165) is 27.8 Å². The Morgan fingerprint density at radius 2 is 1.76 bits per heavy atom. The maximum Gasteiger partial charge on any atom is 0.248 e. The number of rotatable bonds is 8. The number of para-hydroxylation sites is 1. The minimum Gasteiger partial charge on any atom is -0.494 e. The number of carbonyl (C=O) groups excluding carboxylic acids is 1. The van der Waals surface area contributed by atoms with Crippen molar-refractivity contribution >= 4 is 28.1 Å². The number of allylic oxidation sites excluding steroid dienone is 1. The normalized spacial score (nSPS) is 11.5. The molecule has 0 aliphatic heterocycles. The van der Waals surface area contributed by atoms with E-state index in [1.165, 1.54) is 18.2 Å². The molecule has 0 atom stereocenters. The molecule has 0 unspecified atom stereocenters. The highest BCUT2D eigenvalue weighted by Crippen LogP contribution is 2.38. The molecule has 4 aromatic rings. The lowest BCUT2D eigenvalue weighted by atomic mass is 9.99. The van der Waals surface area contributed by atoms with Crippen LogP contribution in [0.1, 0.15) is 26.3 Å². The number of benzene rings is 3. The van der Waals surface area contributed by atoms with Crippen LogP contribution in [0, 0.1) is 5.82 Å². The number of hydrogen-bond acceptors (Lipinski definition) is 4. The van der Waals surface area contributed by atoms with E-state index in [2.05, 4.69) is 5.32 Å². The summed E-state index contributed by atoms with van der Waals surface area (Å²) in [6, 6.07) is 17.6. The summed E-state index contributed by atoms with van der Waals surface area (Å²) in [5, 5.41) is 3.48. The molecule has 6 heteroatoms. The molecule has 3 aromatic carbocycles. The third kappa shape index (κ3) is 4.96. The van der Waals surface area contributed by atoms with E-state index in [0.29, 0.717) is 30.1 Å². The lowest BCUT2D eigenvalue weighted by Gasteiger charge is -2.12. The van der Waals surface area contributed by atoms with Crippen molar-refractivity contribution in [1.82, 2.24) is 0 Å². The fraction of sp³-hybridized carbons (Fsp3) is 0.179. The molecule has 174 valence electrons. The zero-order chi connectivity index (χ0) is 24.1. The van der Waals surface area contributed by atoms with Gasteiger partial charge in [-0.1, -0.05) is 24.3 Å². The first-order chi connectivity index (χ1) is 16.5. The molecular formula is C28H26FNO4. The maximum absolute atomic E-state index is 13.9. The highest BCUT2D eigenvalue weighted by Gasteiger charge is 2.16. The molecule has 0 fully saturated rings. The molecule has 0 saturated heterocycles. The second-order valence-electron chi connectivity index (χ2n) is 7.68. The number of carbonyl (C=O) groups is 1. The minimum atomic E-state index is -0.489. The van der Waals surface area contributed by atoms with E-state index < -0.39 is 11.7 Å². The van der Waals surface area contributed by atoms with Crippen molar-refractivity contribution in [2.75, 3.05) is 18.5 Å². The Labute approximate surface area is 197 Å². The van der Waals surface area contributed by atoms with Crippen molar-refractivity contribution in [3.63, 3.8) is 0 Å². The molecule has 5 nitrogen and oxygen atoms in total. The van der Waals surface area contributed by atoms with Gasteiger partial charge in [-0.2, -0.15) is 0 Å². The number of hydrogen-bond donors (Lipinski definition) is 1. The van der Waals surface area contributed by atoms with Gasteiger partial charge in [0.2, 0.25) is 5.91 Å². The third-order valence-corrected chi connectivity index (χ3v) is 5.36. The van der Waals surface area contributed by atoms with Gasteiger partial charge >= 0.3 is 0 Å². The number of anilines is 1. The van der Waals surface area contributed by atoms with Crippen LogP contribution in [0.15, 0.2) is 77.4 Å². The first-order valence-corrected chi connectivity index (χ1v) is 11.2. The molecule has 1 aromatic heterocycles. The summed E-state index contributed by atoms with van der Waals surface area (Å²) in [4.78, 5) is 12.6. The van der Waals surface area contributed by atoms with Gasteiger partial charge in [0.15, 0.2) is 0 Å². The first kappa shape index (κ1) is 23.1. The molecule has 1 amide bonds. The summed E-state index contributed by atoms with van der Waals surface area (Å²) in [7, 11) is 0. The van der Waals surface area contributed by atoms with Crippen LogP contribution >= 0.6 is 0 Å². The summed E-state index contributed by atoms with van der Waals surface area (Å²) in [5.74, 6) is 0.494. The molecule has 1 N–H and O–H groups in total. The first-order valence-electron chi connectivity index (χ1n) is 11.2. The van der Waals surface area contributed by atoms with Crippen LogP contribution in [0.2, 0.25) is 0 Å². The highest BCUT2D eigenvalue weighted by atomic mass is 19.1. The molecule has 34 heavy (non-hydrogen) atoms. The molecule has 0 bridgehead atoms. The quantitative estimate of drug-likeness (QED) is 0.286. The zero-order valence-corrected chi connectivity index (χ0v) is 19.4. The van der Waals surface area contributed by atoms with Gasteiger partial charge in [0, 0.05) is 28.7 Å². The molecule has 1 heterocycles. The fourth-order valence-corrected chi connectivity index (χ4v) is 3.76. The van der Waals surface area contributed by atoms with E-state index in [-0.39, 0.29) is 5.69 Å². The Balaban J connectivity index is 1.71. The van der Waals surface area contributed by atoms with Gasteiger partial charge in [-0.05, 0) is 62.2 Å². The van der Waals surface area contributed by atoms with Crippen LogP contribution in [-0.4, -0.2) is 19.1 Å². The summed E-state index contributed by atoms with van der Waals surface area (Å²) in [6.07, 6.45) is 3.15. The van der Waals surface area contributed by atoms with Crippen LogP contribution in [0.3, 0.4) is 0 Å². The number of nitrogens with one attached hydrogen (secondary N) is 1. The van der Waals surface area contributed by atoms with Gasteiger partial charge in [-0.15, -0.1) is 0 Å². The molecule has 4 rings (SSSR count). The van der Waals surface area contributed by atoms with Crippen molar-refractivity contribution in [2.45, 2.75) is 20.8 Å². The Kier molecular flexibility index (Phi) is 6.97.